The lowest BCUT2D eigenvalue weighted by molar-refractivity contribution is -0.146. The van der Waals surface area contributed by atoms with Crippen molar-refractivity contribution < 1.29 is 19.4 Å². The number of carbonyl (C=O) groups is 2. The number of amides is 1. The van der Waals surface area contributed by atoms with Gasteiger partial charge in [0.25, 0.3) is 0 Å². The molecule has 2 N–H and O–H groups in total. The van der Waals surface area contributed by atoms with Crippen LogP contribution in [0.25, 0.3) is 0 Å². The van der Waals surface area contributed by atoms with Crippen LogP contribution < -0.4 is 10.1 Å². The number of benzene rings is 1. The minimum atomic E-state index is -0.954. The number of rotatable bonds is 8. The molecule has 0 radical (unpaired) electrons. The van der Waals surface area contributed by atoms with Gasteiger partial charge >= 0.3 is 5.97 Å². The van der Waals surface area contributed by atoms with Crippen molar-refractivity contribution in [2.24, 2.45) is 5.41 Å². The van der Waals surface area contributed by atoms with Crippen molar-refractivity contribution in [2.45, 2.75) is 58.5 Å². The van der Waals surface area contributed by atoms with E-state index in [1.165, 1.54) is 12.8 Å². The van der Waals surface area contributed by atoms with E-state index in [-0.39, 0.29) is 12.5 Å². The largest absolute Gasteiger partial charge is 0.490 e. The van der Waals surface area contributed by atoms with Crippen molar-refractivity contribution >= 4 is 11.9 Å². The quantitative estimate of drug-likeness (QED) is 0.766. The number of carboxylic acids is 1. The summed E-state index contributed by atoms with van der Waals surface area (Å²) in [6.45, 7) is 3.32. The Hall–Kier alpha value is -2.04. The first-order valence-corrected chi connectivity index (χ1v) is 8.62. The van der Waals surface area contributed by atoms with Crippen LogP contribution in [0.2, 0.25) is 0 Å². The molecule has 5 heteroatoms. The standard InChI is InChI=1S/C19H27NO4/c1-19(2,18(22)23)13-20-17(21)11-10-14-6-5-9-16(12-14)24-15-7-3-4-8-15/h5-6,9,12,15H,3-4,7-8,10-11,13H2,1-2H3,(H,20,21)(H,22,23). The highest BCUT2D eigenvalue weighted by Gasteiger charge is 2.27. The third kappa shape index (κ3) is 5.55. The van der Waals surface area contributed by atoms with Gasteiger partial charge < -0.3 is 15.2 Å². The predicted molar refractivity (Wildman–Crippen MR) is 92.1 cm³/mol. The molecule has 132 valence electrons. The highest BCUT2D eigenvalue weighted by molar-refractivity contribution is 5.78. The number of hydrogen-bond donors (Lipinski definition) is 2. The average molecular weight is 333 g/mol. The van der Waals surface area contributed by atoms with E-state index in [4.69, 9.17) is 9.84 Å². The number of carboxylic acid groups (broad SMARTS) is 1. The van der Waals surface area contributed by atoms with Crippen LogP contribution in [0.3, 0.4) is 0 Å². The Morgan fingerprint density at radius 1 is 1.29 bits per heavy atom. The topological polar surface area (TPSA) is 75.6 Å². The molecule has 0 atom stereocenters. The zero-order valence-corrected chi connectivity index (χ0v) is 14.5. The monoisotopic (exact) mass is 333 g/mol. The van der Waals surface area contributed by atoms with Crippen molar-refractivity contribution in [3.8, 4) is 5.75 Å². The molecular weight excluding hydrogens is 306 g/mol. The average Bonchev–Trinajstić information content (AvgIpc) is 3.04. The Labute approximate surface area is 143 Å². The lowest BCUT2D eigenvalue weighted by Gasteiger charge is -2.19. The van der Waals surface area contributed by atoms with Gasteiger partial charge in [0.15, 0.2) is 0 Å². The number of nitrogens with one attached hydrogen (secondary N) is 1. The summed E-state index contributed by atoms with van der Waals surface area (Å²) in [5.74, 6) is -0.183. The van der Waals surface area contributed by atoms with E-state index >= 15 is 0 Å². The molecular formula is C19H27NO4. The van der Waals surface area contributed by atoms with Gasteiger partial charge in [-0.3, -0.25) is 9.59 Å². The fourth-order valence-electron chi connectivity index (χ4n) is 2.71. The second-order valence-corrected chi connectivity index (χ2v) is 7.14. The Balaban J connectivity index is 1.79. The molecule has 1 aliphatic carbocycles. The van der Waals surface area contributed by atoms with Crippen LogP contribution in [0, 0.1) is 5.41 Å². The van der Waals surface area contributed by atoms with E-state index in [0.29, 0.717) is 18.9 Å². The molecule has 0 unspecified atom stereocenters. The summed E-state index contributed by atoms with van der Waals surface area (Å²) in [5.41, 5.74) is 0.100. The number of carbonyl (C=O) groups excluding carboxylic acids is 1. The van der Waals surface area contributed by atoms with E-state index in [1.54, 1.807) is 13.8 Å². The van der Waals surface area contributed by atoms with Crippen LogP contribution in [-0.4, -0.2) is 29.6 Å². The summed E-state index contributed by atoms with van der Waals surface area (Å²) in [5, 5.41) is 11.7. The lowest BCUT2D eigenvalue weighted by Crippen LogP contribution is -2.38. The van der Waals surface area contributed by atoms with E-state index < -0.39 is 11.4 Å². The van der Waals surface area contributed by atoms with E-state index in [2.05, 4.69) is 5.32 Å². The first kappa shape index (κ1) is 18.3. The van der Waals surface area contributed by atoms with Crippen LogP contribution in [0.1, 0.15) is 51.5 Å². The third-order valence-corrected chi connectivity index (χ3v) is 4.45. The van der Waals surface area contributed by atoms with Crippen molar-refractivity contribution in [1.29, 1.82) is 0 Å². The van der Waals surface area contributed by atoms with Crippen LogP contribution in [0.15, 0.2) is 24.3 Å². The van der Waals surface area contributed by atoms with Crippen LogP contribution in [-0.2, 0) is 16.0 Å². The highest BCUT2D eigenvalue weighted by Crippen LogP contribution is 2.24. The molecule has 2 rings (SSSR count). The first-order valence-electron chi connectivity index (χ1n) is 8.62. The molecule has 1 aliphatic rings. The Morgan fingerprint density at radius 3 is 2.67 bits per heavy atom. The molecule has 1 amide bonds. The first-order chi connectivity index (χ1) is 11.4. The zero-order chi connectivity index (χ0) is 17.6. The van der Waals surface area contributed by atoms with Gasteiger partial charge in [-0.05, 0) is 63.6 Å². The zero-order valence-electron chi connectivity index (χ0n) is 14.5. The summed E-state index contributed by atoms with van der Waals surface area (Å²) >= 11 is 0. The summed E-state index contributed by atoms with van der Waals surface area (Å²) < 4.78 is 5.98. The van der Waals surface area contributed by atoms with Crippen molar-refractivity contribution in [3.63, 3.8) is 0 Å². The van der Waals surface area contributed by atoms with Gasteiger partial charge in [-0.2, -0.15) is 0 Å². The van der Waals surface area contributed by atoms with Gasteiger partial charge in [0, 0.05) is 13.0 Å². The molecule has 5 nitrogen and oxygen atoms in total. The van der Waals surface area contributed by atoms with Gasteiger partial charge in [0.05, 0.1) is 11.5 Å². The predicted octanol–water partition coefficient (Wildman–Crippen LogP) is 3.17. The molecule has 0 aromatic heterocycles. The van der Waals surface area contributed by atoms with Crippen LogP contribution in [0.4, 0.5) is 0 Å². The van der Waals surface area contributed by atoms with E-state index in [9.17, 15) is 9.59 Å². The van der Waals surface area contributed by atoms with Crippen molar-refractivity contribution in [3.05, 3.63) is 29.8 Å². The minimum absolute atomic E-state index is 0.131. The maximum atomic E-state index is 11.9. The second kappa shape index (κ2) is 8.18. The molecule has 0 aliphatic heterocycles. The molecule has 1 aromatic rings. The molecule has 0 bridgehead atoms. The fourth-order valence-corrected chi connectivity index (χ4v) is 2.71. The van der Waals surface area contributed by atoms with Gasteiger partial charge in [-0.15, -0.1) is 0 Å². The lowest BCUT2D eigenvalue weighted by atomic mass is 9.94. The smallest absolute Gasteiger partial charge is 0.310 e. The Bertz CT molecular complexity index is 576. The summed E-state index contributed by atoms with van der Waals surface area (Å²) in [7, 11) is 0. The number of ether oxygens (including phenoxy) is 1. The second-order valence-electron chi connectivity index (χ2n) is 7.14. The van der Waals surface area contributed by atoms with E-state index in [0.717, 1.165) is 24.2 Å². The molecule has 0 spiro atoms. The normalized spacial score (nSPS) is 15.2. The van der Waals surface area contributed by atoms with Gasteiger partial charge in [0.2, 0.25) is 5.91 Å². The highest BCUT2D eigenvalue weighted by atomic mass is 16.5. The third-order valence-electron chi connectivity index (χ3n) is 4.45. The minimum Gasteiger partial charge on any atom is -0.490 e. The summed E-state index contributed by atoms with van der Waals surface area (Å²) in [6, 6.07) is 7.88. The summed E-state index contributed by atoms with van der Waals surface area (Å²) in [6.07, 6.45) is 5.97. The SMILES string of the molecule is CC(C)(CNC(=O)CCc1cccc(OC2CCCC2)c1)C(=O)O. The van der Waals surface area contributed by atoms with Crippen LogP contribution >= 0.6 is 0 Å². The fraction of sp³-hybridized carbons (Fsp3) is 0.579. The molecule has 0 heterocycles. The molecule has 1 aromatic carbocycles. The van der Waals surface area contributed by atoms with Gasteiger partial charge in [-0.1, -0.05) is 12.1 Å². The van der Waals surface area contributed by atoms with Crippen molar-refractivity contribution in [2.75, 3.05) is 6.54 Å². The number of aryl methyl sites for hydroxylation is 1. The number of hydrogen-bond acceptors (Lipinski definition) is 3. The Morgan fingerprint density at radius 2 is 2.00 bits per heavy atom. The van der Waals surface area contributed by atoms with Crippen LogP contribution in [0.5, 0.6) is 5.75 Å². The maximum absolute atomic E-state index is 11.9. The Kier molecular flexibility index (Phi) is 6.23. The summed E-state index contributed by atoms with van der Waals surface area (Å²) in [4.78, 5) is 22.9. The van der Waals surface area contributed by atoms with Gasteiger partial charge in [-0.25, -0.2) is 0 Å². The molecule has 1 fully saturated rings. The number of aliphatic carboxylic acids is 1. The van der Waals surface area contributed by atoms with Gasteiger partial charge in [0.1, 0.15) is 5.75 Å². The van der Waals surface area contributed by atoms with E-state index in [1.807, 2.05) is 24.3 Å². The molecule has 1 saturated carbocycles. The maximum Gasteiger partial charge on any atom is 0.310 e. The van der Waals surface area contributed by atoms with Crippen molar-refractivity contribution in [1.82, 2.24) is 5.32 Å². The molecule has 24 heavy (non-hydrogen) atoms. The molecule has 0 saturated heterocycles.